The smallest absolute Gasteiger partial charge is 0.335 e. The van der Waals surface area contributed by atoms with Gasteiger partial charge in [-0.15, -0.1) is 0 Å². The van der Waals surface area contributed by atoms with Crippen LogP contribution >= 0.6 is 11.3 Å². The lowest BCUT2D eigenvalue weighted by atomic mass is 10.0. The number of carbonyl (C=O) groups excluding carboxylic acids is 1. The highest BCUT2D eigenvalue weighted by Gasteiger charge is 2.20. The van der Waals surface area contributed by atoms with E-state index < -0.39 is 17.2 Å². The summed E-state index contributed by atoms with van der Waals surface area (Å²) >= 11 is -1.53. The monoisotopic (exact) mass is 458 g/mol. The zero-order valence-electron chi connectivity index (χ0n) is 16.8. The fourth-order valence-corrected chi connectivity index (χ4v) is 4.89. The standard InChI is InChI=1S/C21H21N3O5S2/c1-13-19(30-21(22-13)23-14(2)25)24(31(28)29)18-6-4-3-5-16(18)10-7-15-8-11-17(12-9-15)20(26)27/h3-6,8-9,11-12H,7,10H2,1-2H3,(H,26,27)(H,28,29)(H,22,23,25)/p-1. The molecule has 1 amide bonds. The fourth-order valence-electron chi connectivity index (χ4n) is 3.05. The van der Waals surface area contributed by atoms with Crippen LogP contribution in [0.15, 0.2) is 48.5 Å². The van der Waals surface area contributed by atoms with E-state index in [0.29, 0.717) is 34.4 Å². The number of carboxylic acid groups (broad SMARTS) is 1. The maximum Gasteiger partial charge on any atom is 0.335 e. The quantitative estimate of drug-likeness (QED) is 0.495. The normalized spacial score (nSPS) is 11.7. The van der Waals surface area contributed by atoms with Crippen molar-refractivity contribution in [3.8, 4) is 0 Å². The van der Waals surface area contributed by atoms with Crippen LogP contribution in [0, 0.1) is 6.92 Å². The zero-order valence-corrected chi connectivity index (χ0v) is 18.5. The van der Waals surface area contributed by atoms with Crippen LogP contribution in [0.5, 0.6) is 0 Å². The Balaban J connectivity index is 1.89. The molecule has 0 radical (unpaired) electrons. The van der Waals surface area contributed by atoms with Crippen molar-refractivity contribution in [2.45, 2.75) is 26.7 Å². The van der Waals surface area contributed by atoms with Crippen LogP contribution in [0.3, 0.4) is 0 Å². The van der Waals surface area contributed by atoms with Gasteiger partial charge in [0.2, 0.25) is 5.91 Å². The van der Waals surface area contributed by atoms with E-state index in [1.165, 1.54) is 11.2 Å². The summed E-state index contributed by atoms with van der Waals surface area (Å²) in [5.74, 6) is -1.27. The molecule has 0 saturated carbocycles. The number of aromatic carboxylic acids is 1. The van der Waals surface area contributed by atoms with Gasteiger partial charge in [0.25, 0.3) is 0 Å². The van der Waals surface area contributed by atoms with Crippen LogP contribution in [0.25, 0.3) is 0 Å². The molecule has 1 unspecified atom stereocenters. The van der Waals surface area contributed by atoms with Crippen molar-refractivity contribution in [1.82, 2.24) is 4.98 Å². The van der Waals surface area contributed by atoms with Crippen molar-refractivity contribution in [3.05, 3.63) is 70.9 Å². The molecule has 10 heteroatoms. The van der Waals surface area contributed by atoms with Gasteiger partial charge in [-0.25, -0.2) is 9.78 Å². The van der Waals surface area contributed by atoms with Gasteiger partial charge in [0.15, 0.2) is 5.13 Å². The van der Waals surface area contributed by atoms with Crippen molar-refractivity contribution < 1.29 is 23.5 Å². The van der Waals surface area contributed by atoms with E-state index in [9.17, 15) is 18.4 Å². The average Bonchev–Trinajstić information content (AvgIpc) is 3.06. The molecule has 0 saturated heterocycles. The third-order valence-electron chi connectivity index (χ3n) is 4.48. The minimum Gasteiger partial charge on any atom is -0.755 e. The van der Waals surface area contributed by atoms with Gasteiger partial charge in [-0.2, -0.15) is 0 Å². The molecule has 3 aromatic rings. The maximum absolute atomic E-state index is 12.2. The number of amides is 1. The number of nitrogens with one attached hydrogen (secondary N) is 1. The fraction of sp³-hybridized carbons (Fsp3) is 0.190. The van der Waals surface area contributed by atoms with Crippen LogP contribution in [-0.2, 0) is 28.9 Å². The number of aromatic nitrogens is 1. The van der Waals surface area contributed by atoms with Crippen LogP contribution in [0.1, 0.15) is 34.1 Å². The van der Waals surface area contributed by atoms with E-state index >= 15 is 0 Å². The van der Waals surface area contributed by atoms with Gasteiger partial charge in [-0.3, -0.25) is 13.3 Å². The highest BCUT2D eigenvalue weighted by atomic mass is 32.2. The summed E-state index contributed by atoms with van der Waals surface area (Å²) in [6.07, 6.45) is 1.15. The molecule has 0 aliphatic carbocycles. The average molecular weight is 459 g/mol. The summed E-state index contributed by atoms with van der Waals surface area (Å²) in [5, 5.41) is 12.3. The van der Waals surface area contributed by atoms with E-state index in [4.69, 9.17) is 5.11 Å². The SMILES string of the molecule is CC(=O)Nc1nc(C)c(N(c2ccccc2CCc2ccc(C(=O)O)cc2)S(=O)[O-])s1. The Kier molecular flexibility index (Phi) is 7.16. The number of anilines is 3. The molecule has 3 rings (SSSR count). The predicted molar refractivity (Wildman–Crippen MR) is 119 cm³/mol. The van der Waals surface area contributed by atoms with E-state index in [2.05, 4.69) is 10.3 Å². The maximum atomic E-state index is 12.2. The largest absolute Gasteiger partial charge is 0.755 e. The number of carboxylic acids is 1. The molecule has 0 spiro atoms. The van der Waals surface area contributed by atoms with Crippen LogP contribution in [-0.4, -0.2) is 30.7 Å². The molecule has 1 aromatic heterocycles. The Bertz CT molecular complexity index is 1130. The highest BCUT2D eigenvalue weighted by Crippen LogP contribution is 2.38. The molecule has 0 bridgehead atoms. The molecule has 8 nitrogen and oxygen atoms in total. The Morgan fingerprint density at radius 2 is 1.84 bits per heavy atom. The molecule has 31 heavy (non-hydrogen) atoms. The molecule has 2 aromatic carbocycles. The van der Waals surface area contributed by atoms with Gasteiger partial charge < -0.3 is 15.0 Å². The molecular formula is C21H20N3O5S2-. The number of hydrogen-bond donors (Lipinski definition) is 2. The van der Waals surface area contributed by atoms with Gasteiger partial charge in [0.1, 0.15) is 5.00 Å². The van der Waals surface area contributed by atoms with E-state index in [-0.39, 0.29) is 11.5 Å². The number of benzene rings is 2. The van der Waals surface area contributed by atoms with Gasteiger partial charge in [-0.05, 0) is 49.1 Å². The summed E-state index contributed by atoms with van der Waals surface area (Å²) in [4.78, 5) is 26.6. The first-order valence-electron chi connectivity index (χ1n) is 9.31. The molecule has 0 aliphatic heterocycles. The Morgan fingerprint density at radius 1 is 1.16 bits per heavy atom. The first-order chi connectivity index (χ1) is 14.8. The summed E-state index contributed by atoms with van der Waals surface area (Å²) in [5.41, 5.74) is 2.95. The summed E-state index contributed by atoms with van der Waals surface area (Å²) < 4.78 is 25.5. The topological polar surface area (TPSA) is 123 Å². The summed E-state index contributed by atoms with van der Waals surface area (Å²) in [6.45, 7) is 3.04. The molecule has 2 N–H and O–H groups in total. The number of rotatable bonds is 8. The third-order valence-corrected chi connectivity index (χ3v) is 6.33. The Labute approximate surface area is 186 Å². The molecule has 0 fully saturated rings. The van der Waals surface area contributed by atoms with Crippen LogP contribution < -0.4 is 9.62 Å². The third kappa shape index (κ3) is 5.54. The zero-order chi connectivity index (χ0) is 22.5. The van der Waals surface area contributed by atoms with Gasteiger partial charge in [0, 0.05) is 6.92 Å². The lowest BCUT2D eigenvalue weighted by Crippen LogP contribution is -2.20. The molecular weight excluding hydrogens is 438 g/mol. The number of hydrogen-bond acceptors (Lipinski definition) is 6. The number of aryl methyl sites for hydroxylation is 3. The van der Waals surface area contributed by atoms with Gasteiger partial charge in [0.05, 0.1) is 28.2 Å². The van der Waals surface area contributed by atoms with Crippen molar-refractivity contribution >= 4 is 50.3 Å². The minimum atomic E-state index is -2.61. The van der Waals surface area contributed by atoms with Crippen molar-refractivity contribution in [1.29, 1.82) is 0 Å². The second-order valence-electron chi connectivity index (χ2n) is 6.73. The minimum absolute atomic E-state index is 0.215. The van der Waals surface area contributed by atoms with Crippen molar-refractivity contribution in [2.75, 3.05) is 9.62 Å². The number of nitrogens with zero attached hydrogens (tertiary/aromatic N) is 2. The summed E-state index contributed by atoms with van der Waals surface area (Å²) in [7, 11) is 0. The number of thiazole rings is 1. The lowest BCUT2D eigenvalue weighted by Gasteiger charge is -2.27. The lowest BCUT2D eigenvalue weighted by molar-refractivity contribution is -0.114. The van der Waals surface area contributed by atoms with E-state index in [0.717, 1.165) is 22.5 Å². The van der Waals surface area contributed by atoms with Gasteiger partial charge in [-0.1, -0.05) is 41.7 Å². The Hall–Kier alpha value is -3.08. The first kappa shape index (κ1) is 22.6. The molecule has 162 valence electrons. The van der Waals surface area contributed by atoms with Crippen LogP contribution in [0.2, 0.25) is 0 Å². The summed E-state index contributed by atoms with van der Waals surface area (Å²) in [6, 6.07) is 13.8. The van der Waals surface area contributed by atoms with Crippen molar-refractivity contribution in [3.63, 3.8) is 0 Å². The highest BCUT2D eigenvalue weighted by molar-refractivity contribution is 7.81. The van der Waals surface area contributed by atoms with E-state index in [1.807, 2.05) is 12.1 Å². The molecule has 1 atom stereocenters. The second kappa shape index (κ2) is 9.82. The predicted octanol–water partition coefficient (Wildman–Crippen LogP) is 3.83. The Morgan fingerprint density at radius 3 is 2.45 bits per heavy atom. The second-order valence-corrected chi connectivity index (χ2v) is 8.51. The molecule has 1 heterocycles. The van der Waals surface area contributed by atoms with Crippen LogP contribution in [0.4, 0.5) is 15.8 Å². The van der Waals surface area contributed by atoms with Crippen molar-refractivity contribution in [2.24, 2.45) is 0 Å². The van der Waals surface area contributed by atoms with E-state index in [1.54, 1.807) is 43.3 Å². The molecule has 0 aliphatic rings. The first-order valence-corrected chi connectivity index (χ1v) is 11.2. The number of carbonyl (C=O) groups is 2. The number of para-hydroxylation sites is 1. The van der Waals surface area contributed by atoms with Gasteiger partial charge >= 0.3 is 5.97 Å².